The lowest BCUT2D eigenvalue weighted by Gasteiger charge is -2.01. The Balaban J connectivity index is 2.21. The molecule has 0 fully saturated rings. The number of aryl methyl sites for hydroxylation is 2. The molecule has 1 N–H and O–H groups in total. The summed E-state index contributed by atoms with van der Waals surface area (Å²) in [6, 6.07) is 3.46. The van der Waals surface area contributed by atoms with Crippen LogP contribution in [0.3, 0.4) is 0 Å². The number of hydrogen-bond donors (Lipinski definition) is 1. The fraction of sp³-hybridized carbons (Fsp3) is 0.417. The fourth-order valence-corrected chi connectivity index (χ4v) is 2.52. The molecule has 0 bridgehead atoms. The van der Waals surface area contributed by atoms with Crippen molar-refractivity contribution in [2.24, 2.45) is 0 Å². The van der Waals surface area contributed by atoms with E-state index in [1.807, 2.05) is 24.6 Å². The molecule has 0 aliphatic rings. The van der Waals surface area contributed by atoms with E-state index in [1.54, 1.807) is 6.07 Å². The van der Waals surface area contributed by atoms with Crippen molar-refractivity contribution < 1.29 is 9.90 Å². The molecule has 18 heavy (non-hydrogen) atoms. The van der Waals surface area contributed by atoms with Gasteiger partial charge in [0.15, 0.2) is 5.82 Å². The molecule has 0 radical (unpaired) electrons. The van der Waals surface area contributed by atoms with Crippen LogP contribution in [0.2, 0.25) is 0 Å². The van der Waals surface area contributed by atoms with Crippen molar-refractivity contribution in [1.29, 1.82) is 0 Å². The molecule has 96 valence electrons. The van der Waals surface area contributed by atoms with Crippen LogP contribution in [0.1, 0.15) is 40.0 Å². The Morgan fingerprint density at radius 2 is 2.17 bits per heavy atom. The van der Waals surface area contributed by atoms with Crippen molar-refractivity contribution in [3.05, 3.63) is 33.5 Å². The van der Waals surface area contributed by atoms with Gasteiger partial charge in [0.1, 0.15) is 10.7 Å². The molecule has 6 heteroatoms. The molecule has 0 aliphatic carbocycles. The molecule has 0 amide bonds. The lowest BCUT2D eigenvalue weighted by molar-refractivity contribution is 0.0702. The Labute approximate surface area is 109 Å². The first-order valence-corrected chi connectivity index (χ1v) is 6.70. The number of thiophene rings is 1. The van der Waals surface area contributed by atoms with Crippen LogP contribution in [0.25, 0.3) is 0 Å². The monoisotopic (exact) mass is 265 g/mol. The van der Waals surface area contributed by atoms with Crippen molar-refractivity contribution in [2.75, 3.05) is 0 Å². The van der Waals surface area contributed by atoms with Gasteiger partial charge < -0.3 is 5.11 Å². The maximum atomic E-state index is 10.8. The fourth-order valence-electron chi connectivity index (χ4n) is 1.69. The molecule has 0 aromatic carbocycles. The average molecular weight is 265 g/mol. The van der Waals surface area contributed by atoms with Gasteiger partial charge >= 0.3 is 5.97 Å². The Hall–Kier alpha value is -1.69. The Kier molecular flexibility index (Phi) is 3.76. The molecule has 0 aliphatic heterocycles. The van der Waals surface area contributed by atoms with E-state index in [9.17, 15) is 4.79 Å². The normalized spacial score (nSPS) is 10.8. The SMILES string of the molecule is CCc1nc(CC)n(Cc2ccc(C(=O)O)s2)n1. The van der Waals surface area contributed by atoms with Gasteiger partial charge in [-0.3, -0.25) is 0 Å². The summed E-state index contributed by atoms with van der Waals surface area (Å²) in [6.07, 6.45) is 1.63. The Morgan fingerprint density at radius 3 is 2.72 bits per heavy atom. The smallest absolute Gasteiger partial charge is 0.345 e. The second kappa shape index (κ2) is 5.30. The largest absolute Gasteiger partial charge is 0.477 e. The van der Waals surface area contributed by atoms with E-state index in [2.05, 4.69) is 10.1 Å². The number of hydrogen-bond acceptors (Lipinski definition) is 4. The predicted octanol–water partition coefficient (Wildman–Crippen LogP) is 2.21. The van der Waals surface area contributed by atoms with Crippen LogP contribution in [0.4, 0.5) is 0 Å². The predicted molar refractivity (Wildman–Crippen MR) is 69.2 cm³/mol. The molecule has 0 atom stereocenters. The highest BCUT2D eigenvalue weighted by atomic mass is 32.1. The van der Waals surface area contributed by atoms with Gasteiger partial charge in [0.05, 0.1) is 6.54 Å². The van der Waals surface area contributed by atoms with E-state index in [-0.39, 0.29) is 0 Å². The topological polar surface area (TPSA) is 68.0 Å². The summed E-state index contributed by atoms with van der Waals surface area (Å²) < 4.78 is 1.86. The highest BCUT2D eigenvalue weighted by Crippen LogP contribution is 2.18. The van der Waals surface area contributed by atoms with Crippen LogP contribution in [0.15, 0.2) is 12.1 Å². The molecule has 0 saturated carbocycles. The van der Waals surface area contributed by atoms with Crippen molar-refractivity contribution in [1.82, 2.24) is 14.8 Å². The first kappa shape index (κ1) is 12.8. The molecule has 0 saturated heterocycles. The molecule has 0 unspecified atom stereocenters. The standard InChI is InChI=1S/C12H15N3O2S/c1-3-10-13-11(4-2)15(14-10)7-8-5-6-9(18-8)12(16)17/h5-6H,3-4,7H2,1-2H3,(H,16,17). The van der Waals surface area contributed by atoms with Crippen molar-refractivity contribution in [3.8, 4) is 0 Å². The molecular formula is C12H15N3O2S. The third-order valence-corrected chi connectivity index (χ3v) is 3.66. The minimum Gasteiger partial charge on any atom is -0.477 e. The van der Waals surface area contributed by atoms with Crippen molar-refractivity contribution in [2.45, 2.75) is 33.2 Å². The molecule has 2 heterocycles. The third kappa shape index (κ3) is 2.59. The maximum absolute atomic E-state index is 10.8. The van der Waals surface area contributed by atoms with Crippen LogP contribution in [-0.2, 0) is 19.4 Å². The van der Waals surface area contributed by atoms with E-state index in [1.165, 1.54) is 11.3 Å². The van der Waals surface area contributed by atoms with Crippen LogP contribution in [0, 0.1) is 0 Å². The van der Waals surface area contributed by atoms with Gasteiger partial charge in [0.2, 0.25) is 0 Å². The van der Waals surface area contributed by atoms with Gasteiger partial charge in [-0.25, -0.2) is 14.5 Å². The van der Waals surface area contributed by atoms with Crippen molar-refractivity contribution in [3.63, 3.8) is 0 Å². The number of carboxylic acid groups (broad SMARTS) is 1. The zero-order valence-electron chi connectivity index (χ0n) is 10.4. The third-order valence-electron chi connectivity index (χ3n) is 2.60. The molecule has 2 rings (SSSR count). The minimum absolute atomic E-state index is 0.360. The zero-order valence-corrected chi connectivity index (χ0v) is 11.2. The number of aromatic carboxylic acids is 1. The lowest BCUT2D eigenvalue weighted by atomic mass is 10.4. The van der Waals surface area contributed by atoms with Crippen molar-refractivity contribution >= 4 is 17.3 Å². The number of carboxylic acids is 1. The Bertz CT molecular complexity index is 559. The molecular weight excluding hydrogens is 250 g/mol. The minimum atomic E-state index is -0.880. The highest BCUT2D eigenvalue weighted by molar-refractivity contribution is 7.13. The van der Waals surface area contributed by atoms with E-state index in [4.69, 9.17) is 5.11 Å². The quantitative estimate of drug-likeness (QED) is 0.900. The summed E-state index contributed by atoms with van der Waals surface area (Å²) >= 11 is 1.28. The lowest BCUT2D eigenvalue weighted by Crippen LogP contribution is -2.05. The molecule has 0 spiro atoms. The number of nitrogens with zero attached hydrogens (tertiary/aromatic N) is 3. The van der Waals surface area contributed by atoms with Gasteiger partial charge in [0.25, 0.3) is 0 Å². The van der Waals surface area contributed by atoms with E-state index >= 15 is 0 Å². The summed E-state index contributed by atoms with van der Waals surface area (Å²) in [7, 11) is 0. The highest BCUT2D eigenvalue weighted by Gasteiger charge is 2.11. The van der Waals surface area contributed by atoms with Gasteiger partial charge in [-0.15, -0.1) is 11.3 Å². The first-order chi connectivity index (χ1) is 8.63. The van der Waals surface area contributed by atoms with E-state index in [0.717, 1.165) is 29.4 Å². The van der Waals surface area contributed by atoms with Gasteiger partial charge in [-0.1, -0.05) is 13.8 Å². The average Bonchev–Trinajstić information content (AvgIpc) is 2.96. The summed E-state index contributed by atoms with van der Waals surface area (Å²) in [4.78, 5) is 16.6. The second-order valence-corrected chi connectivity index (χ2v) is 5.05. The summed E-state index contributed by atoms with van der Waals surface area (Å²) in [6.45, 7) is 4.65. The molecule has 2 aromatic heterocycles. The second-order valence-electron chi connectivity index (χ2n) is 3.88. The maximum Gasteiger partial charge on any atom is 0.345 e. The van der Waals surface area contributed by atoms with Crippen LogP contribution in [0.5, 0.6) is 0 Å². The molecule has 5 nitrogen and oxygen atoms in total. The van der Waals surface area contributed by atoms with Crippen LogP contribution < -0.4 is 0 Å². The van der Waals surface area contributed by atoms with Gasteiger partial charge in [0, 0.05) is 17.7 Å². The van der Waals surface area contributed by atoms with E-state index in [0.29, 0.717) is 11.4 Å². The summed E-state index contributed by atoms with van der Waals surface area (Å²) in [5, 5.41) is 13.3. The summed E-state index contributed by atoms with van der Waals surface area (Å²) in [5.74, 6) is 0.897. The van der Waals surface area contributed by atoms with E-state index < -0.39 is 5.97 Å². The van der Waals surface area contributed by atoms with Crippen LogP contribution >= 0.6 is 11.3 Å². The zero-order chi connectivity index (χ0) is 13.1. The summed E-state index contributed by atoms with van der Waals surface area (Å²) in [5.41, 5.74) is 0. The van der Waals surface area contributed by atoms with Gasteiger partial charge in [-0.2, -0.15) is 5.10 Å². The first-order valence-electron chi connectivity index (χ1n) is 5.88. The Morgan fingerprint density at radius 1 is 1.39 bits per heavy atom. The number of aromatic nitrogens is 3. The van der Waals surface area contributed by atoms with Gasteiger partial charge in [-0.05, 0) is 12.1 Å². The number of rotatable bonds is 5. The van der Waals surface area contributed by atoms with Crippen LogP contribution in [-0.4, -0.2) is 25.8 Å². The molecule has 2 aromatic rings. The number of carbonyl (C=O) groups is 1.